The highest BCUT2D eigenvalue weighted by molar-refractivity contribution is 6.45. The third-order valence-corrected chi connectivity index (χ3v) is 5.76. The fourth-order valence-corrected chi connectivity index (χ4v) is 3.97. The molecule has 4 rings (SSSR count). The van der Waals surface area contributed by atoms with Gasteiger partial charge in [-0.1, -0.05) is 35.5 Å². The molecule has 0 spiro atoms. The average molecular weight is 507 g/mol. The Morgan fingerprint density at radius 3 is 2.27 bits per heavy atom. The Morgan fingerprint density at radius 1 is 0.973 bits per heavy atom. The van der Waals surface area contributed by atoms with Crippen molar-refractivity contribution in [1.29, 1.82) is 0 Å². The summed E-state index contributed by atoms with van der Waals surface area (Å²) in [6, 6.07) is 16.4. The van der Waals surface area contributed by atoms with Crippen molar-refractivity contribution in [3.8, 4) is 34.1 Å². The first-order valence-corrected chi connectivity index (χ1v) is 11.3. The molecule has 1 aliphatic rings. The van der Waals surface area contributed by atoms with Gasteiger partial charge < -0.3 is 34.2 Å². The molecule has 1 atom stereocenters. The molecule has 0 unspecified atom stereocenters. The molecular formula is C27H26N2O8. The lowest BCUT2D eigenvalue weighted by Crippen LogP contribution is -2.45. The van der Waals surface area contributed by atoms with E-state index < -0.39 is 17.9 Å². The smallest absolute Gasteiger partial charge is 0.326 e. The number of benzene rings is 3. The molecule has 3 aromatic rings. The maximum Gasteiger partial charge on any atom is 0.326 e. The number of amides is 1. The van der Waals surface area contributed by atoms with Gasteiger partial charge in [-0.25, -0.2) is 4.79 Å². The van der Waals surface area contributed by atoms with E-state index in [0.29, 0.717) is 34.1 Å². The summed E-state index contributed by atoms with van der Waals surface area (Å²) in [5, 5.41) is 16.2. The molecule has 10 nitrogen and oxygen atoms in total. The first kappa shape index (κ1) is 25.4. The minimum absolute atomic E-state index is 0.0474. The lowest BCUT2D eigenvalue weighted by Gasteiger charge is -2.17. The zero-order valence-electron chi connectivity index (χ0n) is 20.5. The largest absolute Gasteiger partial charge is 0.496 e. The summed E-state index contributed by atoms with van der Waals surface area (Å²) in [5.41, 5.74) is 2.63. The number of nitrogens with zero attached hydrogens (tertiary/aromatic N) is 1. The van der Waals surface area contributed by atoms with Crippen LogP contribution in [0.25, 0.3) is 11.1 Å². The van der Waals surface area contributed by atoms with Gasteiger partial charge in [0, 0.05) is 12.0 Å². The van der Waals surface area contributed by atoms with Crippen LogP contribution in [0, 0.1) is 0 Å². The molecule has 0 saturated carbocycles. The zero-order valence-corrected chi connectivity index (χ0v) is 20.5. The van der Waals surface area contributed by atoms with E-state index in [1.165, 1.54) is 7.11 Å². The number of rotatable bonds is 10. The molecule has 0 bridgehead atoms. The molecule has 192 valence electrons. The van der Waals surface area contributed by atoms with Crippen LogP contribution in [0.1, 0.15) is 11.1 Å². The van der Waals surface area contributed by atoms with Crippen molar-refractivity contribution in [2.45, 2.75) is 12.5 Å². The Bertz CT molecular complexity index is 1300. The molecule has 1 heterocycles. The minimum Gasteiger partial charge on any atom is -0.496 e. The van der Waals surface area contributed by atoms with E-state index in [4.69, 9.17) is 23.8 Å². The van der Waals surface area contributed by atoms with Gasteiger partial charge in [0.2, 0.25) is 6.79 Å². The molecule has 0 radical (unpaired) electrons. The Morgan fingerprint density at radius 2 is 1.65 bits per heavy atom. The second-order valence-corrected chi connectivity index (χ2v) is 7.99. The van der Waals surface area contributed by atoms with Crippen molar-refractivity contribution in [2.75, 3.05) is 28.1 Å². The van der Waals surface area contributed by atoms with Crippen molar-refractivity contribution >= 4 is 17.6 Å². The third-order valence-electron chi connectivity index (χ3n) is 5.76. The monoisotopic (exact) mass is 506 g/mol. The average Bonchev–Trinajstić information content (AvgIpc) is 3.39. The van der Waals surface area contributed by atoms with Gasteiger partial charge in [-0.05, 0) is 41.5 Å². The van der Waals surface area contributed by atoms with Crippen LogP contribution in [0.5, 0.6) is 23.0 Å². The summed E-state index contributed by atoms with van der Waals surface area (Å²) in [7, 11) is 4.46. The third kappa shape index (κ3) is 5.58. The van der Waals surface area contributed by atoms with Crippen LogP contribution in [0.3, 0.4) is 0 Å². The number of oxime groups is 1. The van der Waals surface area contributed by atoms with Crippen molar-refractivity contribution in [3.63, 3.8) is 0 Å². The normalized spacial score (nSPS) is 13.0. The lowest BCUT2D eigenvalue weighted by molar-refractivity contribution is -0.141. The fourth-order valence-electron chi connectivity index (χ4n) is 3.97. The van der Waals surface area contributed by atoms with Gasteiger partial charge in [-0.15, -0.1) is 0 Å². The highest BCUT2D eigenvalue weighted by atomic mass is 16.7. The first-order valence-electron chi connectivity index (χ1n) is 11.3. The number of carboxylic acid groups (broad SMARTS) is 1. The molecule has 10 heteroatoms. The van der Waals surface area contributed by atoms with E-state index in [9.17, 15) is 14.7 Å². The van der Waals surface area contributed by atoms with Gasteiger partial charge in [0.05, 0.1) is 19.8 Å². The number of carbonyl (C=O) groups excluding carboxylic acids is 1. The molecule has 0 saturated heterocycles. The quantitative estimate of drug-likeness (QED) is 0.317. The Balaban J connectivity index is 1.52. The van der Waals surface area contributed by atoms with Crippen LogP contribution in [-0.4, -0.2) is 56.9 Å². The second kappa shape index (κ2) is 11.3. The number of carbonyl (C=O) groups is 2. The lowest BCUT2D eigenvalue weighted by atomic mass is 9.99. The summed E-state index contributed by atoms with van der Waals surface area (Å²) < 4.78 is 21.6. The highest BCUT2D eigenvalue weighted by Gasteiger charge is 2.26. The van der Waals surface area contributed by atoms with Crippen molar-refractivity contribution in [1.82, 2.24) is 5.32 Å². The molecule has 0 fully saturated rings. The first-order chi connectivity index (χ1) is 17.9. The molecule has 3 aromatic carbocycles. The number of nitrogens with one attached hydrogen (secondary N) is 1. The minimum atomic E-state index is -1.21. The number of methoxy groups -OCH3 is 2. The molecule has 1 amide bonds. The van der Waals surface area contributed by atoms with E-state index in [-0.39, 0.29) is 18.9 Å². The number of ether oxygens (including phenoxy) is 4. The SMILES string of the molecule is CON=C(C(=O)N[C@@H](Cc1ccc(-c2c(OC)cccc2OC)cc1)C(=O)O)c1ccc2c(c1)OCO2. The maximum absolute atomic E-state index is 13.0. The zero-order chi connectivity index (χ0) is 26.4. The van der Waals surface area contributed by atoms with Crippen LogP contribution in [0.2, 0.25) is 0 Å². The van der Waals surface area contributed by atoms with Gasteiger partial charge in [0.25, 0.3) is 5.91 Å². The van der Waals surface area contributed by atoms with E-state index >= 15 is 0 Å². The number of hydrogen-bond acceptors (Lipinski definition) is 8. The molecule has 0 aromatic heterocycles. The van der Waals surface area contributed by atoms with Crippen LogP contribution in [0.4, 0.5) is 0 Å². The summed E-state index contributed by atoms with van der Waals surface area (Å²) in [4.78, 5) is 29.9. The summed E-state index contributed by atoms with van der Waals surface area (Å²) in [5.74, 6) is 0.399. The van der Waals surface area contributed by atoms with Gasteiger partial charge in [0.1, 0.15) is 24.7 Å². The highest BCUT2D eigenvalue weighted by Crippen LogP contribution is 2.38. The van der Waals surface area contributed by atoms with Gasteiger partial charge >= 0.3 is 5.97 Å². The maximum atomic E-state index is 13.0. The van der Waals surface area contributed by atoms with Gasteiger partial charge in [0.15, 0.2) is 17.2 Å². The van der Waals surface area contributed by atoms with Crippen LogP contribution >= 0.6 is 0 Å². The number of fused-ring (bicyclic) bond motifs is 1. The second-order valence-electron chi connectivity index (χ2n) is 7.99. The number of hydrogen-bond donors (Lipinski definition) is 2. The Hall–Kier alpha value is -4.73. The summed E-state index contributed by atoms with van der Waals surface area (Å²) >= 11 is 0. The van der Waals surface area contributed by atoms with Crippen LogP contribution in [-0.2, 0) is 20.8 Å². The van der Waals surface area contributed by atoms with E-state index in [1.807, 2.05) is 30.3 Å². The predicted molar refractivity (Wildman–Crippen MR) is 134 cm³/mol. The van der Waals surface area contributed by atoms with Crippen molar-refractivity contribution < 1.29 is 38.5 Å². The fraction of sp³-hybridized carbons (Fsp3) is 0.222. The molecular weight excluding hydrogens is 480 g/mol. The van der Waals surface area contributed by atoms with E-state index in [2.05, 4.69) is 10.5 Å². The topological polar surface area (TPSA) is 125 Å². The molecule has 0 aliphatic carbocycles. The Labute approximate surface area is 213 Å². The molecule has 2 N–H and O–H groups in total. The summed E-state index contributed by atoms with van der Waals surface area (Å²) in [6.07, 6.45) is 0.0474. The number of carboxylic acids is 1. The van der Waals surface area contributed by atoms with E-state index in [1.54, 1.807) is 44.6 Å². The van der Waals surface area contributed by atoms with Gasteiger partial charge in [-0.3, -0.25) is 4.79 Å². The predicted octanol–water partition coefficient (Wildman–Crippen LogP) is 3.26. The molecule has 37 heavy (non-hydrogen) atoms. The number of aliphatic carboxylic acids is 1. The standard InChI is InChI=1S/C27H26N2O8/c1-33-21-5-4-6-22(34-2)24(21)17-9-7-16(8-10-17)13-19(27(31)32)28-26(30)25(29-35-3)18-11-12-20-23(14-18)37-15-36-20/h4-12,14,19H,13,15H2,1-3H3,(H,28,30)(H,31,32)/t19-/m0/s1. The van der Waals surface area contributed by atoms with E-state index in [0.717, 1.165) is 11.1 Å². The van der Waals surface area contributed by atoms with Crippen molar-refractivity contribution in [3.05, 3.63) is 71.8 Å². The van der Waals surface area contributed by atoms with Crippen molar-refractivity contribution in [2.24, 2.45) is 5.16 Å². The Kier molecular flexibility index (Phi) is 7.77. The van der Waals surface area contributed by atoms with Crippen LogP contribution in [0.15, 0.2) is 65.8 Å². The van der Waals surface area contributed by atoms with Gasteiger partial charge in [-0.2, -0.15) is 0 Å². The summed E-state index contributed by atoms with van der Waals surface area (Å²) in [6.45, 7) is 0.0749. The molecule has 1 aliphatic heterocycles. The van der Waals surface area contributed by atoms with Crippen LogP contribution < -0.4 is 24.3 Å².